The van der Waals surface area contributed by atoms with E-state index in [2.05, 4.69) is 15.1 Å². The molecule has 0 saturated carbocycles. The van der Waals surface area contributed by atoms with Crippen molar-refractivity contribution >= 4 is 15.8 Å². The van der Waals surface area contributed by atoms with Crippen LogP contribution in [-0.4, -0.2) is 58.7 Å². The Balaban J connectivity index is 1.51. The first-order valence-electron chi connectivity index (χ1n) is 8.90. The maximum atomic E-state index is 14.0. The van der Waals surface area contributed by atoms with Gasteiger partial charge in [0.1, 0.15) is 23.8 Å². The topological polar surface area (TPSA) is 84.2 Å². The minimum Gasteiger partial charge on any atom is -0.354 e. The van der Waals surface area contributed by atoms with Crippen molar-refractivity contribution in [3.05, 3.63) is 60.2 Å². The molecule has 0 amide bonds. The highest BCUT2D eigenvalue weighted by Crippen LogP contribution is 2.24. The van der Waals surface area contributed by atoms with E-state index < -0.39 is 26.6 Å². The number of benzene rings is 1. The van der Waals surface area contributed by atoms with E-state index in [0.717, 1.165) is 28.2 Å². The van der Waals surface area contributed by atoms with Crippen LogP contribution in [0.4, 0.5) is 14.6 Å². The van der Waals surface area contributed by atoms with Crippen LogP contribution in [0.15, 0.2) is 47.8 Å². The largest absolute Gasteiger partial charge is 0.354 e. The van der Waals surface area contributed by atoms with Gasteiger partial charge in [0.15, 0.2) is 10.7 Å². The zero-order valence-corrected chi connectivity index (χ0v) is 16.4. The number of anilines is 1. The van der Waals surface area contributed by atoms with Crippen molar-refractivity contribution in [2.75, 3.05) is 31.1 Å². The van der Waals surface area contributed by atoms with Crippen molar-refractivity contribution < 1.29 is 17.2 Å². The molecule has 152 valence electrons. The Morgan fingerprint density at radius 3 is 2.24 bits per heavy atom. The normalized spacial score (nSPS) is 15.6. The fourth-order valence-electron chi connectivity index (χ4n) is 3.19. The lowest BCUT2D eigenvalue weighted by atomic mass is 10.3. The predicted molar refractivity (Wildman–Crippen MR) is 101 cm³/mol. The predicted octanol–water partition coefficient (Wildman–Crippen LogP) is 1.76. The molecule has 0 N–H and O–H groups in total. The smallest absolute Gasteiger partial charge is 0.249 e. The fraction of sp³-hybridized carbons (Fsp3) is 0.278. The zero-order valence-electron chi connectivity index (χ0n) is 15.5. The van der Waals surface area contributed by atoms with Gasteiger partial charge in [0.25, 0.3) is 0 Å². The molecule has 0 unspecified atom stereocenters. The summed E-state index contributed by atoms with van der Waals surface area (Å²) >= 11 is 0. The molecule has 29 heavy (non-hydrogen) atoms. The quantitative estimate of drug-likeness (QED) is 0.640. The highest BCUT2D eigenvalue weighted by atomic mass is 32.2. The van der Waals surface area contributed by atoms with Gasteiger partial charge in [-0.05, 0) is 25.1 Å². The first kappa shape index (κ1) is 19.4. The minimum absolute atomic E-state index is 0.0797. The Labute approximate surface area is 166 Å². The number of halogens is 2. The molecule has 1 saturated heterocycles. The van der Waals surface area contributed by atoms with Crippen molar-refractivity contribution in [2.45, 2.75) is 11.8 Å². The van der Waals surface area contributed by atoms with Crippen LogP contribution < -0.4 is 4.90 Å². The van der Waals surface area contributed by atoms with E-state index in [9.17, 15) is 17.2 Å². The lowest BCUT2D eigenvalue weighted by Gasteiger charge is -2.34. The Hall–Kier alpha value is -2.92. The SMILES string of the molecule is Cc1ccn(-c2cc(N3CCN(S(=O)(=O)c4c(F)cccc4F)CC3)ncn2)n1. The van der Waals surface area contributed by atoms with Gasteiger partial charge in [0, 0.05) is 38.4 Å². The number of hydrogen-bond donors (Lipinski definition) is 0. The molecule has 0 atom stereocenters. The molecule has 0 bridgehead atoms. The number of aryl methyl sites for hydroxylation is 1. The monoisotopic (exact) mass is 420 g/mol. The Bertz CT molecular complexity index is 1120. The van der Waals surface area contributed by atoms with Crippen LogP contribution >= 0.6 is 0 Å². The molecule has 8 nitrogen and oxygen atoms in total. The van der Waals surface area contributed by atoms with Gasteiger partial charge in [-0.25, -0.2) is 31.8 Å². The van der Waals surface area contributed by atoms with E-state index >= 15 is 0 Å². The first-order valence-corrected chi connectivity index (χ1v) is 10.3. The summed E-state index contributed by atoms with van der Waals surface area (Å²) in [6.45, 7) is 2.68. The molecule has 1 aliphatic rings. The average Bonchev–Trinajstić information content (AvgIpc) is 3.14. The molecule has 0 spiro atoms. The number of rotatable bonds is 4. The van der Waals surface area contributed by atoms with Crippen molar-refractivity contribution in [3.63, 3.8) is 0 Å². The van der Waals surface area contributed by atoms with E-state index in [1.165, 1.54) is 6.33 Å². The summed E-state index contributed by atoms with van der Waals surface area (Å²) in [7, 11) is -4.27. The Kier molecular flexibility index (Phi) is 5.01. The molecular weight excluding hydrogens is 402 g/mol. The Morgan fingerprint density at radius 2 is 1.62 bits per heavy atom. The van der Waals surface area contributed by atoms with E-state index in [1.54, 1.807) is 16.9 Å². The van der Waals surface area contributed by atoms with Crippen LogP contribution in [0.3, 0.4) is 0 Å². The summed E-state index contributed by atoms with van der Waals surface area (Å²) < 4.78 is 56.1. The molecule has 3 aromatic rings. The number of aromatic nitrogens is 4. The second kappa shape index (κ2) is 7.48. The lowest BCUT2D eigenvalue weighted by Crippen LogP contribution is -2.49. The fourth-order valence-corrected chi connectivity index (χ4v) is 4.72. The third-order valence-corrected chi connectivity index (χ3v) is 6.63. The average molecular weight is 420 g/mol. The van der Waals surface area contributed by atoms with Gasteiger partial charge >= 0.3 is 0 Å². The molecule has 1 fully saturated rings. The van der Waals surface area contributed by atoms with Crippen molar-refractivity contribution in [2.24, 2.45) is 0 Å². The number of sulfonamides is 1. The Morgan fingerprint density at radius 1 is 0.966 bits per heavy atom. The molecule has 4 rings (SSSR count). The van der Waals surface area contributed by atoms with Gasteiger partial charge < -0.3 is 4.90 Å². The van der Waals surface area contributed by atoms with Crippen LogP contribution in [0.2, 0.25) is 0 Å². The lowest BCUT2D eigenvalue weighted by molar-refractivity contribution is 0.377. The van der Waals surface area contributed by atoms with E-state index in [1.807, 2.05) is 17.9 Å². The van der Waals surface area contributed by atoms with Crippen LogP contribution in [0.5, 0.6) is 0 Å². The first-order chi connectivity index (χ1) is 13.9. The summed E-state index contributed by atoms with van der Waals surface area (Å²) in [5.74, 6) is -0.978. The summed E-state index contributed by atoms with van der Waals surface area (Å²) in [5.41, 5.74) is 0.851. The summed E-state index contributed by atoms with van der Waals surface area (Å²) in [6, 6.07) is 6.62. The van der Waals surface area contributed by atoms with Crippen LogP contribution in [0.1, 0.15) is 5.69 Å². The zero-order chi connectivity index (χ0) is 20.6. The van der Waals surface area contributed by atoms with Gasteiger partial charge in [-0.3, -0.25) is 0 Å². The van der Waals surface area contributed by atoms with Gasteiger partial charge in [-0.1, -0.05) is 6.07 Å². The van der Waals surface area contributed by atoms with Crippen LogP contribution in [0, 0.1) is 18.6 Å². The van der Waals surface area contributed by atoms with Crippen molar-refractivity contribution in [1.82, 2.24) is 24.1 Å². The summed E-state index contributed by atoms with van der Waals surface area (Å²) in [4.78, 5) is 9.44. The third kappa shape index (κ3) is 3.70. The summed E-state index contributed by atoms with van der Waals surface area (Å²) in [6.07, 6.45) is 3.20. The van der Waals surface area contributed by atoms with Crippen LogP contribution in [0.25, 0.3) is 5.82 Å². The minimum atomic E-state index is -4.27. The van der Waals surface area contributed by atoms with Crippen LogP contribution in [-0.2, 0) is 10.0 Å². The third-order valence-electron chi connectivity index (χ3n) is 4.67. The molecule has 3 heterocycles. The molecule has 2 aromatic heterocycles. The maximum Gasteiger partial charge on any atom is 0.249 e. The molecule has 1 aromatic carbocycles. The molecule has 0 aliphatic carbocycles. The van der Waals surface area contributed by atoms with E-state index in [-0.39, 0.29) is 13.1 Å². The highest BCUT2D eigenvalue weighted by molar-refractivity contribution is 7.89. The second-order valence-electron chi connectivity index (χ2n) is 6.58. The molecule has 11 heteroatoms. The van der Waals surface area contributed by atoms with E-state index in [0.29, 0.717) is 24.7 Å². The molecule has 0 radical (unpaired) electrons. The number of piperazine rings is 1. The van der Waals surface area contributed by atoms with E-state index in [4.69, 9.17) is 0 Å². The summed E-state index contributed by atoms with van der Waals surface area (Å²) in [5, 5.41) is 4.31. The van der Waals surface area contributed by atoms with Gasteiger partial charge in [-0.2, -0.15) is 9.40 Å². The number of hydrogen-bond acceptors (Lipinski definition) is 6. The highest BCUT2D eigenvalue weighted by Gasteiger charge is 2.33. The van der Waals surface area contributed by atoms with Gasteiger partial charge in [0.2, 0.25) is 10.0 Å². The molecule has 1 aliphatic heterocycles. The number of nitrogens with zero attached hydrogens (tertiary/aromatic N) is 6. The van der Waals surface area contributed by atoms with Gasteiger partial charge in [-0.15, -0.1) is 0 Å². The van der Waals surface area contributed by atoms with Crippen molar-refractivity contribution in [1.29, 1.82) is 0 Å². The maximum absolute atomic E-state index is 14.0. The molecular formula is C18H18F2N6O2S. The second-order valence-corrected chi connectivity index (χ2v) is 8.45. The van der Waals surface area contributed by atoms with Crippen molar-refractivity contribution in [3.8, 4) is 5.82 Å². The standard InChI is InChI=1S/C18H18F2N6O2S/c1-13-5-6-26(23-13)17-11-16(21-12-22-17)24-7-9-25(10-8-24)29(27,28)18-14(19)3-2-4-15(18)20/h2-6,11-12H,7-10H2,1H3. The van der Waals surface area contributed by atoms with Gasteiger partial charge in [0.05, 0.1) is 5.69 Å².